The molecule has 0 spiro atoms. The smallest absolute Gasteiger partial charge is 0.0218 e. The monoisotopic (exact) mass is 211 g/mol. The Balaban J connectivity index is 1.63. The number of nitrogens with zero attached hydrogens (tertiary/aromatic N) is 2. The number of hydrogen-bond donors (Lipinski definition) is 1. The normalized spacial score (nSPS) is 29.6. The third-order valence-corrected chi connectivity index (χ3v) is 3.77. The maximum atomic E-state index is 3.59. The van der Waals surface area contributed by atoms with Crippen molar-refractivity contribution in [2.75, 3.05) is 39.8 Å². The molecule has 3 heteroatoms. The predicted molar refractivity (Wildman–Crippen MR) is 64.2 cm³/mol. The summed E-state index contributed by atoms with van der Waals surface area (Å²) in [6.45, 7) is 8.47. The molecule has 0 bridgehead atoms. The number of nitrogens with one attached hydrogen (secondary N) is 1. The Kier molecular flexibility index (Phi) is 4.00. The van der Waals surface area contributed by atoms with Crippen molar-refractivity contribution < 1.29 is 0 Å². The van der Waals surface area contributed by atoms with E-state index in [4.69, 9.17) is 0 Å². The maximum Gasteiger partial charge on any atom is 0.0218 e. The molecule has 1 aliphatic heterocycles. The lowest BCUT2D eigenvalue weighted by Crippen LogP contribution is -2.52. The molecule has 1 heterocycles. The Labute approximate surface area is 93.8 Å². The zero-order valence-corrected chi connectivity index (χ0v) is 10.2. The molecule has 2 fully saturated rings. The van der Waals surface area contributed by atoms with Gasteiger partial charge in [-0.2, -0.15) is 0 Å². The van der Waals surface area contributed by atoms with Gasteiger partial charge in [0.05, 0.1) is 0 Å². The van der Waals surface area contributed by atoms with Crippen molar-refractivity contribution in [1.29, 1.82) is 0 Å². The van der Waals surface area contributed by atoms with Crippen LogP contribution in [-0.2, 0) is 0 Å². The minimum absolute atomic E-state index is 0.777. The predicted octanol–water partition coefficient (Wildman–Crippen LogP) is 0.764. The van der Waals surface area contributed by atoms with Crippen LogP contribution in [0.15, 0.2) is 0 Å². The first-order valence-electron chi connectivity index (χ1n) is 6.45. The average Bonchev–Trinajstić information content (AvgIpc) is 3.04. The summed E-state index contributed by atoms with van der Waals surface area (Å²) in [5.74, 6) is 0. The highest BCUT2D eigenvalue weighted by Gasteiger charge is 2.23. The molecule has 1 N–H and O–H groups in total. The van der Waals surface area contributed by atoms with E-state index < -0.39 is 0 Å². The van der Waals surface area contributed by atoms with Gasteiger partial charge in [-0.05, 0) is 26.3 Å². The van der Waals surface area contributed by atoms with E-state index in [-0.39, 0.29) is 0 Å². The molecule has 1 unspecified atom stereocenters. The van der Waals surface area contributed by atoms with E-state index in [0.717, 1.165) is 12.1 Å². The van der Waals surface area contributed by atoms with Crippen LogP contribution >= 0.6 is 0 Å². The molecule has 0 aromatic heterocycles. The molecule has 0 aromatic rings. The Morgan fingerprint density at radius 2 is 2.07 bits per heavy atom. The number of piperazine rings is 1. The Hall–Kier alpha value is -0.120. The van der Waals surface area contributed by atoms with Crippen molar-refractivity contribution in [3.63, 3.8) is 0 Å². The molecule has 88 valence electrons. The maximum absolute atomic E-state index is 3.59. The Morgan fingerprint density at radius 1 is 1.27 bits per heavy atom. The highest BCUT2D eigenvalue weighted by molar-refractivity contribution is 4.83. The molecule has 1 aliphatic carbocycles. The lowest BCUT2D eigenvalue weighted by molar-refractivity contribution is 0.0939. The number of rotatable bonds is 5. The molecule has 15 heavy (non-hydrogen) atoms. The van der Waals surface area contributed by atoms with Crippen molar-refractivity contribution in [1.82, 2.24) is 15.1 Å². The summed E-state index contributed by atoms with van der Waals surface area (Å²) in [7, 11) is 2.26. The van der Waals surface area contributed by atoms with Crippen molar-refractivity contribution >= 4 is 0 Å². The fourth-order valence-corrected chi connectivity index (χ4v) is 2.37. The number of hydrogen-bond acceptors (Lipinski definition) is 3. The molecule has 0 aromatic carbocycles. The van der Waals surface area contributed by atoms with E-state index in [1.165, 1.54) is 52.0 Å². The molecule has 3 nitrogen and oxygen atoms in total. The van der Waals surface area contributed by atoms with Gasteiger partial charge in [0.2, 0.25) is 0 Å². The molecule has 2 rings (SSSR count). The van der Waals surface area contributed by atoms with Gasteiger partial charge in [-0.1, -0.05) is 6.92 Å². The fraction of sp³-hybridized carbons (Fsp3) is 1.00. The summed E-state index contributed by atoms with van der Waals surface area (Å²) in [5.41, 5.74) is 0. The second kappa shape index (κ2) is 5.28. The fourth-order valence-electron chi connectivity index (χ4n) is 2.37. The summed E-state index contributed by atoms with van der Waals surface area (Å²) >= 11 is 0. The van der Waals surface area contributed by atoms with Crippen molar-refractivity contribution in [3.8, 4) is 0 Å². The minimum atomic E-state index is 0.777. The standard InChI is InChI=1S/C12H25N3/c1-3-12-10-15(9-8-14(12)2)7-6-13-11-4-5-11/h11-13H,3-10H2,1-2H3. The molecule has 0 radical (unpaired) electrons. The molecule has 0 amide bonds. The van der Waals surface area contributed by atoms with Crippen molar-refractivity contribution in [2.45, 2.75) is 38.3 Å². The summed E-state index contributed by atoms with van der Waals surface area (Å²) < 4.78 is 0. The minimum Gasteiger partial charge on any atom is -0.313 e. The SMILES string of the molecule is CCC1CN(CCNC2CC2)CCN1C. The van der Waals surface area contributed by atoms with Gasteiger partial charge < -0.3 is 10.2 Å². The highest BCUT2D eigenvalue weighted by atomic mass is 15.3. The van der Waals surface area contributed by atoms with E-state index in [2.05, 4.69) is 29.1 Å². The first-order chi connectivity index (χ1) is 7.29. The first-order valence-corrected chi connectivity index (χ1v) is 6.45. The van der Waals surface area contributed by atoms with Gasteiger partial charge >= 0.3 is 0 Å². The second-order valence-electron chi connectivity index (χ2n) is 5.07. The van der Waals surface area contributed by atoms with E-state index in [9.17, 15) is 0 Å². The van der Waals surface area contributed by atoms with E-state index in [1.54, 1.807) is 0 Å². The van der Waals surface area contributed by atoms with E-state index >= 15 is 0 Å². The van der Waals surface area contributed by atoms with Gasteiger partial charge in [0.25, 0.3) is 0 Å². The molecular weight excluding hydrogens is 186 g/mol. The van der Waals surface area contributed by atoms with Crippen molar-refractivity contribution in [2.24, 2.45) is 0 Å². The quantitative estimate of drug-likeness (QED) is 0.724. The average molecular weight is 211 g/mol. The van der Waals surface area contributed by atoms with Gasteiger partial charge in [0.1, 0.15) is 0 Å². The van der Waals surface area contributed by atoms with Gasteiger partial charge in [-0.25, -0.2) is 0 Å². The highest BCUT2D eigenvalue weighted by Crippen LogP contribution is 2.18. The summed E-state index contributed by atoms with van der Waals surface area (Å²) in [4.78, 5) is 5.12. The lowest BCUT2D eigenvalue weighted by Gasteiger charge is -2.39. The van der Waals surface area contributed by atoms with Crippen LogP contribution in [0, 0.1) is 0 Å². The third-order valence-electron chi connectivity index (χ3n) is 3.77. The second-order valence-corrected chi connectivity index (χ2v) is 5.07. The van der Waals surface area contributed by atoms with Crippen molar-refractivity contribution in [3.05, 3.63) is 0 Å². The first kappa shape index (κ1) is 11.4. The van der Waals surface area contributed by atoms with Gasteiger partial charge in [0.15, 0.2) is 0 Å². The summed E-state index contributed by atoms with van der Waals surface area (Å²) in [6.07, 6.45) is 4.09. The largest absolute Gasteiger partial charge is 0.313 e. The summed E-state index contributed by atoms with van der Waals surface area (Å²) in [6, 6.07) is 1.64. The van der Waals surface area contributed by atoms with Crippen LogP contribution in [0.5, 0.6) is 0 Å². The summed E-state index contributed by atoms with van der Waals surface area (Å²) in [5, 5.41) is 3.59. The zero-order valence-electron chi connectivity index (χ0n) is 10.2. The van der Waals surface area contributed by atoms with Gasteiger partial charge in [-0.15, -0.1) is 0 Å². The zero-order chi connectivity index (χ0) is 10.7. The molecule has 2 aliphatic rings. The molecule has 1 saturated carbocycles. The third kappa shape index (κ3) is 3.44. The van der Waals surface area contributed by atoms with Crippen LogP contribution < -0.4 is 5.32 Å². The number of likely N-dealkylation sites (N-methyl/N-ethyl adjacent to an activating group) is 1. The van der Waals surface area contributed by atoms with Crippen LogP contribution in [0.1, 0.15) is 26.2 Å². The van der Waals surface area contributed by atoms with E-state index in [0.29, 0.717) is 0 Å². The Bertz CT molecular complexity index is 191. The van der Waals surface area contributed by atoms with Gasteiger partial charge in [-0.3, -0.25) is 4.90 Å². The lowest BCUT2D eigenvalue weighted by atomic mass is 10.1. The van der Waals surface area contributed by atoms with Crippen LogP contribution in [0.25, 0.3) is 0 Å². The molecule has 1 atom stereocenters. The van der Waals surface area contributed by atoms with E-state index in [1.807, 2.05) is 0 Å². The van der Waals surface area contributed by atoms with Crippen LogP contribution in [0.2, 0.25) is 0 Å². The molecular formula is C12H25N3. The van der Waals surface area contributed by atoms with Crippen LogP contribution in [0.4, 0.5) is 0 Å². The van der Waals surface area contributed by atoms with Crippen LogP contribution in [-0.4, -0.2) is 61.7 Å². The van der Waals surface area contributed by atoms with Crippen LogP contribution in [0.3, 0.4) is 0 Å². The topological polar surface area (TPSA) is 18.5 Å². The Morgan fingerprint density at radius 3 is 2.73 bits per heavy atom. The molecule has 1 saturated heterocycles. The van der Waals surface area contributed by atoms with Gasteiger partial charge in [0, 0.05) is 44.8 Å².